The molecule has 0 fully saturated rings. The fourth-order valence-electron chi connectivity index (χ4n) is 2.16. The quantitative estimate of drug-likeness (QED) is 0.906. The van der Waals surface area contributed by atoms with Gasteiger partial charge in [-0.05, 0) is 37.5 Å². The molecular formula is C16H20N2O2. The lowest BCUT2D eigenvalue weighted by Gasteiger charge is -2.15. The van der Waals surface area contributed by atoms with Gasteiger partial charge in [-0.25, -0.2) is 9.78 Å². The molecule has 4 heteroatoms. The van der Waals surface area contributed by atoms with Crippen LogP contribution in [0, 0.1) is 5.92 Å². The van der Waals surface area contributed by atoms with Crippen LogP contribution in [0.15, 0.2) is 36.4 Å². The lowest BCUT2D eigenvalue weighted by Crippen LogP contribution is -2.21. The molecule has 0 aliphatic rings. The van der Waals surface area contributed by atoms with E-state index in [1.54, 1.807) is 6.07 Å². The summed E-state index contributed by atoms with van der Waals surface area (Å²) in [6.07, 6.45) is 0.287. The Bertz CT molecular complexity index is 596. The second-order valence-electron chi connectivity index (χ2n) is 5.36. The number of aromatic nitrogens is 1. The number of hydrogen-bond donors (Lipinski definition) is 1. The highest BCUT2D eigenvalue weighted by molar-refractivity contribution is 5.86. The molecule has 0 radical (unpaired) electrons. The molecule has 1 atom stereocenters. The van der Waals surface area contributed by atoms with Crippen LogP contribution in [-0.4, -0.2) is 17.2 Å². The maximum Gasteiger partial charge on any atom is 0.413 e. The van der Waals surface area contributed by atoms with Gasteiger partial charge < -0.3 is 4.74 Å². The summed E-state index contributed by atoms with van der Waals surface area (Å²) < 4.78 is 5.29. The molecule has 20 heavy (non-hydrogen) atoms. The topological polar surface area (TPSA) is 51.2 Å². The van der Waals surface area contributed by atoms with Gasteiger partial charge in [0, 0.05) is 5.39 Å². The maximum atomic E-state index is 11.8. The summed E-state index contributed by atoms with van der Waals surface area (Å²) in [5.74, 6) is 1.00. The van der Waals surface area contributed by atoms with Crippen molar-refractivity contribution < 1.29 is 9.53 Å². The van der Waals surface area contributed by atoms with Crippen LogP contribution in [0.1, 0.15) is 27.2 Å². The van der Waals surface area contributed by atoms with Crippen molar-refractivity contribution in [2.75, 3.05) is 5.32 Å². The Hall–Kier alpha value is -2.10. The fraction of sp³-hybridized carbons (Fsp3) is 0.375. The lowest BCUT2D eigenvalue weighted by atomic mass is 10.1. The number of carbonyl (C=O) groups is 1. The van der Waals surface area contributed by atoms with Crippen LogP contribution >= 0.6 is 0 Å². The number of anilines is 1. The molecule has 0 saturated carbocycles. The second kappa shape index (κ2) is 6.37. The van der Waals surface area contributed by atoms with E-state index >= 15 is 0 Å². The molecule has 1 N–H and O–H groups in total. The summed E-state index contributed by atoms with van der Waals surface area (Å²) in [4.78, 5) is 16.1. The number of nitrogens with zero attached hydrogens (tertiary/aromatic N) is 1. The maximum absolute atomic E-state index is 11.8. The average Bonchev–Trinajstić information content (AvgIpc) is 2.37. The number of fused-ring (bicyclic) bond motifs is 1. The van der Waals surface area contributed by atoms with Gasteiger partial charge in [0.05, 0.1) is 5.52 Å². The standard InChI is InChI=1S/C16H20N2O2/c1-11(2)10-12(3)20-16(19)18-15-9-8-13-6-4-5-7-14(13)17-15/h4-9,11-12H,10H2,1-3H3,(H,17,18,19). The molecule has 0 aliphatic carbocycles. The number of para-hydroxylation sites is 1. The highest BCUT2D eigenvalue weighted by Gasteiger charge is 2.11. The predicted molar refractivity (Wildman–Crippen MR) is 80.8 cm³/mol. The monoisotopic (exact) mass is 272 g/mol. The zero-order chi connectivity index (χ0) is 14.5. The minimum Gasteiger partial charge on any atom is -0.446 e. The van der Waals surface area contributed by atoms with Crippen molar-refractivity contribution >= 4 is 22.8 Å². The number of amides is 1. The molecule has 1 amide bonds. The van der Waals surface area contributed by atoms with E-state index in [1.807, 2.05) is 37.3 Å². The number of rotatable bonds is 4. The van der Waals surface area contributed by atoms with E-state index in [0.29, 0.717) is 11.7 Å². The molecule has 106 valence electrons. The van der Waals surface area contributed by atoms with E-state index in [0.717, 1.165) is 17.3 Å². The molecule has 1 aromatic heterocycles. The molecule has 0 aliphatic heterocycles. The third-order valence-corrected chi connectivity index (χ3v) is 2.94. The van der Waals surface area contributed by atoms with E-state index in [1.165, 1.54) is 0 Å². The zero-order valence-electron chi connectivity index (χ0n) is 12.1. The summed E-state index contributed by atoms with van der Waals surface area (Å²) in [5, 5.41) is 3.71. The number of nitrogens with one attached hydrogen (secondary N) is 1. The first-order valence-corrected chi connectivity index (χ1v) is 6.88. The first-order valence-electron chi connectivity index (χ1n) is 6.88. The Morgan fingerprint density at radius 1 is 1.20 bits per heavy atom. The third kappa shape index (κ3) is 3.95. The van der Waals surface area contributed by atoms with Crippen LogP contribution in [0.25, 0.3) is 10.9 Å². The van der Waals surface area contributed by atoms with Crippen LogP contribution < -0.4 is 5.32 Å². The van der Waals surface area contributed by atoms with Crippen molar-refractivity contribution in [3.05, 3.63) is 36.4 Å². The van der Waals surface area contributed by atoms with Crippen molar-refractivity contribution in [2.24, 2.45) is 5.92 Å². The molecule has 2 aromatic rings. The number of benzene rings is 1. The Balaban J connectivity index is 1.99. The summed E-state index contributed by atoms with van der Waals surface area (Å²) in [6.45, 7) is 6.10. The smallest absolute Gasteiger partial charge is 0.413 e. The van der Waals surface area contributed by atoms with Crippen molar-refractivity contribution in [1.82, 2.24) is 4.98 Å². The molecule has 0 spiro atoms. The van der Waals surface area contributed by atoms with Gasteiger partial charge in [0.15, 0.2) is 0 Å². The Morgan fingerprint density at radius 3 is 2.70 bits per heavy atom. The second-order valence-corrected chi connectivity index (χ2v) is 5.36. The highest BCUT2D eigenvalue weighted by Crippen LogP contribution is 2.15. The van der Waals surface area contributed by atoms with Gasteiger partial charge in [-0.15, -0.1) is 0 Å². The highest BCUT2D eigenvalue weighted by atomic mass is 16.6. The van der Waals surface area contributed by atoms with Crippen LogP contribution in [0.5, 0.6) is 0 Å². The van der Waals surface area contributed by atoms with Crippen LogP contribution in [0.2, 0.25) is 0 Å². The van der Waals surface area contributed by atoms with Crippen LogP contribution in [-0.2, 0) is 4.74 Å². The van der Waals surface area contributed by atoms with Crippen molar-refractivity contribution in [3.63, 3.8) is 0 Å². The average molecular weight is 272 g/mol. The van der Waals surface area contributed by atoms with E-state index < -0.39 is 6.09 Å². The van der Waals surface area contributed by atoms with Gasteiger partial charge in [-0.3, -0.25) is 5.32 Å². The SMILES string of the molecule is CC(C)CC(C)OC(=O)Nc1ccc2ccccc2n1. The molecule has 4 nitrogen and oxygen atoms in total. The first kappa shape index (κ1) is 14.3. The van der Waals surface area contributed by atoms with Gasteiger partial charge in [-0.2, -0.15) is 0 Å². The minimum absolute atomic E-state index is 0.101. The van der Waals surface area contributed by atoms with Gasteiger partial charge in [0.2, 0.25) is 0 Å². The number of pyridine rings is 1. The van der Waals surface area contributed by atoms with Crippen molar-refractivity contribution in [1.29, 1.82) is 0 Å². The number of hydrogen-bond acceptors (Lipinski definition) is 3. The van der Waals surface area contributed by atoms with E-state index in [9.17, 15) is 4.79 Å². The predicted octanol–water partition coefficient (Wildman–Crippen LogP) is 4.22. The van der Waals surface area contributed by atoms with Gasteiger partial charge >= 0.3 is 6.09 Å². The third-order valence-electron chi connectivity index (χ3n) is 2.94. The normalized spacial score (nSPS) is 12.4. The largest absolute Gasteiger partial charge is 0.446 e. The molecular weight excluding hydrogens is 252 g/mol. The molecule has 2 rings (SSSR count). The van der Waals surface area contributed by atoms with Gasteiger partial charge in [0.1, 0.15) is 11.9 Å². The Morgan fingerprint density at radius 2 is 1.95 bits per heavy atom. The van der Waals surface area contributed by atoms with E-state index in [-0.39, 0.29) is 6.10 Å². The summed E-state index contributed by atoms with van der Waals surface area (Å²) in [6, 6.07) is 11.5. The van der Waals surface area contributed by atoms with Crippen molar-refractivity contribution in [3.8, 4) is 0 Å². The molecule has 0 saturated heterocycles. The summed E-state index contributed by atoms with van der Waals surface area (Å²) in [5.41, 5.74) is 0.848. The molecule has 1 unspecified atom stereocenters. The number of ether oxygens (including phenoxy) is 1. The van der Waals surface area contributed by atoms with E-state index in [2.05, 4.69) is 24.1 Å². The summed E-state index contributed by atoms with van der Waals surface area (Å²) in [7, 11) is 0. The first-order chi connectivity index (χ1) is 9.54. The minimum atomic E-state index is -0.457. The fourth-order valence-corrected chi connectivity index (χ4v) is 2.16. The van der Waals surface area contributed by atoms with Crippen LogP contribution in [0.4, 0.5) is 10.6 Å². The summed E-state index contributed by atoms with van der Waals surface area (Å²) >= 11 is 0. The zero-order valence-corrected chi connectivity index (χ0v) is 12.1. The molecule has 0 bridgehead atoms. The number of carbonyl (C=O) groups excluding carboxylic acids is 1. The van der Waals surface area contributed by atoms with Gasteiger partial charge in [0.25, 0.3) is 0 Å². The van der Waals surface area contributed by atoms with Crippen molar-refractivity contribution in [2.45, 2.75) is 33.3 Å². The Kier molecular flexibility index (Phi) is 4.56. The van der Waals surface area contributed by atoms with Crippen LogP contribution in [0.3, 0.4) is 0 Å². The molecule has 1 aromatic carbocycles. The Labute approximate surface area is 119 Å². The molecule has 1 heterocycles. The van der Waals surface area contributed by atoms with E-state index in [4.69, 9.17) is 4.74 Å². The lowest BCUT2D eigenvalue weighted by molar-refractivity contribution is 0.108. The van der Waals surface area contributed by atoms with Gasteiger partial charge in [-0.1, -0.05) is 32.0 Å².